The van der Waals surface area contributed by atoms with Gasteiger partial charge in [-0.3, -0.25) is 14.9 Å². The molecule has 1 unspecified atom stereocenters. The number of nitrogens with zero attached hydrogens (tertiary/aromatic N) is 1. The highest BCUT2D eigenvalue weighted by atomic mass is 35.5. The zero-order valence-corrected chi connectivity index (χ0v) is 17.2. The predicted molar refractivity (Wildman–Crippen MR) is 112 cm³/mol. The Morgan fingerprint density at radius 3 is 2.82 bits per heavy atom. The second-order valence-electron chi connectivity index (χ2n) is 6.15. The number of methoxy groups -OCH3 is 1. The Morgan fingerprint density at radius 1 is 1.39 bits per heavy atom. The van der Waals surface area contributed by atoms with Crippen molar-refractivity contribution in [2.45, 2.75) is 17.4 Å². The largest absolute Gasteiger partial charge is 0.495 e. The number of amides is 1. The van der Waals surface area contributed by atoms with E-state index >= 15 is 0 Å². The molecule has 1 aliphatic rings. The summed E-state index contributed by atoms with van der Waals surface area (Å²) >= 11 is 1.37. The smallest absolute Gasteiger partial charge is 0.285 e. The third-order valence-corrected chi connectivity index (χ3v) is 5.38. The number of nitrogens with one attached hydrogen (secondary N) is 2. The van der Waals surface area contributed by atoms with Gasteiger partial charge in [0.25, 0.3) is 11.6 Å². The number of nitro benzene ring substituents is 1. The first-order valence-electron chi connectivity index (χ1n) is 8.55. The molecule has 0 saturated carbocycles. The molecule has 7 nitrogen and oxygen atoms in total. The second kappa shape index (κ2) is 9.77. The Kier molecular flexibility index (Phi) is 7.68. The second-order valence-corrected chi connectivity index (χ2v) is 7.00. The normalized spacial score (nSPS) is 15.1. The molecule has 2 aromatic carbocycles. The van der Waals surface area contributed by atoms with Crippen LogP contribution in [0.4, 0.5) is 5.69 Å². The van der Waals surface area contributed by atoms with Gasteiger partial charge in [-0.15, -0.1) is 24.2 Å². The van der Waals surface area contributed by atoms with Crippen LogP contribution in [0.2, 0.25) is 0 Å². The van der Waals surface area contributed by atoms with E-state index in [1.54, 1.807) is 0 Å². The molecule has 0 spiro atoms. The molecular formula is C19H22ClN3O4S. The molecular weight excluding hydrogens is 402 g/mol. The van der Waals surface area contributed by atoms with E-state index < -0.39 is 10.8 Å². The van der Waals surface area contributed by atoms with E-state index in [1.165, 1.54) is 36.6 Å². The molecule has 2 aromatic rings. The summed E-state index contributed by atoms with van der Waals surface area (Å²) in [6, 6.07) is 10.9. The van der Waals surface area contributed by atoms with Crippen LogP contribution in [0.15, 0.2) is 41.3 Å². The summed E-state index contributed by atoms with van der Waals surface area (Å²) in [4.78, 5) is 24.2. The maximum absolute atomic E-state index is 12.7. The van der Waals surface area contributed by atoms with Gasteiger partial charge in [-0.05, 0) is 36.4 Å². The molecule has 1 atom stereocenters. The number of halogens is 1. The Labute approximate surface area is 173 Å². The van der Waals surface area contributed by atoms with Crippen molar-refractivity contribution in [1.82, 2.24) is 10.6 Å². The van der Waals surface area contributed by atoms with E-state index in [-0.39, 0.29) is 29.7 Å². The van der Waals surface area contributed by atoms with Gasteiger partial charge in [-0.25, -0.2) is 0 Å². The molecule has 0 bridgehead atoms. The maximum atomic E-state index is 12.7. The van der Waals surface area contributed by atoms with Crippen LogP contribution in [0.5, 0.6) is 5.75 Å². The minimum Gasteiger partial charge on any atom is -0.495 e. The third kappa shape index (κ3) is 4.57. The van der Waals surface area contributed by atoms with Gasteiger partial charge in [-0.2, -0.15) is 0 Å². The quantitative estimate of drug-likeness (QED) is 0.420. The number of hydrogen-bond acceptors (Lipinski definition) is 6. The molecule has 9 heteroatoms. The molecule has 0 saturated heterocycles. The first-order chi connectivity index (χ1) is 13.0. The van der Waals surface area contributed by atoms with Gasteiger partial charge in [0.15, 0.2) is 0 Å². The van der Waals surface area contributed by atoms with Gasteiger partial charge in [0.2, 0.25) is 0 Å². The molecule has 0 fully saturated rings. The molecule has 0 radical (unpaired) electrons. The molecule has 28 heavy (non-hydrogen) atoms. The van der Waals surface area contributed by atoms with Crippen molar-refractivity contribution in [1.29, 1.82) is 0 Å². The molecule has 1 amide bonds. The third-order valence-electron chi connectivity index (χ3n) is 4.63. The average molecular weight is 424 g/mol. The molecule has 1 aliphatic heterocycles. The Morgan fingerprint density at radius 2 is 2.14 bits per heavy atom. The van der Waals surface area contributed by atoms with E-state index in [2.05, 4.69) is 16.7 Å². The number of ether oxygens (including phenoxy) is 1. The fraction of sp³-hybridized carbons (Fsp3) is 0.316. The highest BCUT2D eigenvalue weighted by molar-refractivity contribution is 7.98. The van der Waals surface area contributed by atoms with Gasteiger partial charge in [-0.1, -0.05) is 24.3 Å². The fourth-order valence-electron chi connectivity index (χ4n) is 3.27. The zero-order chi connectivity index (χ0) is 19.4. The van der Waals surface area contributed by atoms with Crippen LogP contribution >= 0.6 is 24.2 Å². The van der Waals surface area contributed by atoms with Gasteiger partial charge < -0.3 is 15.4 Å². The minimum absolute atomic E-state index is 0. The number of rotatable bonds is 6. The lowest BCUT2D eigenvalue weighted by atomic mass is 9.94. The minimum atomic E-state index is -0.560. The number of benzene rings is 2. The van der Waals surface area contributed by atoms with Crippen molar-refractivity contribution in [2.75, 3.05) is 26.5 Å². The summed E-state index contributed by atoms with van der Waals surface area (Å²) in [5.74, 6) is -0.0851. The lowest BCUT2D eigenvalue weighted by Crippen LogP contribution is -2.39. The van der Waals surface area contributed by atoms with Crippen LogP contribution in [-0.2, 0) is 6.42 Å². The van der Waals surface area contributed by atoms with Crippen molar-refractivity contribution in [3.8, 4) is 5.75 Å². The van der Waals surface area contributed by atoms with Crippen LogP contribution in [0.25, 0.3) is 0 Å². The number of nitro groups is 1. The highest BCUT2D eigenvalue weighted by Gasteiger charge is 2.25. The summed E-state index contributed by atoms with van der Waals surface area (Å²) in [5.41, 5.74) is 2.18. The number of carbonyl (C=O) groups excluding carboxylic acids is 1. The molecule has 3 rings (SSSR count). The van der Waals surface area contributed by atoms with E-state index in [9.17, 15) is 14.9 Å². The molecule has 0 aromatic heterocycles. The van der Waals surface area contributed by atoms with Crippen LogP contribution in [0.3, 0.4) is 0 Å². The summed E-state index contributed by atoms with van der Waals surface area (Å²) in [6.45, 7) is 1.19. The van der Waals surface area contributed by atoms with Crippen molar-refractivity contribution in [3.63, 3.8) is 0 Å². The monoisotopic (exact) mass is 423 g/mol. The highest BCUT2D eigenvalue weighted by Crippen LogP contribution is 2.34. The van der Waals surface area contributed by atoms with E-state index in [0.717, 1.165) is 18.5 Å². The van der Waals surface area contributed by atoms with Gasteiger partial charge in [0.05, 0.1) is 23.0 Å². The summed E-state index contributed by atoms with van der Waals surface area (Å²) < 4.78 is 5.19. The zero-order valence-electron chi connectivity index (χ0n) is 15.6. The Hall–Kier alpha value is -2.29. The Bertz CT molecular complexity index is 878. The van der Waals surface area contributed by atoms with Crippen LogP contribution in [0, 0.1) is 10.1 Å². The molecule has 1 heterocycles. The van der Waals surface area contributed by atoms with Crippen molar-refractivity contribution in [3.05, 3.63) is 63.2 Å². The molecule has 2 N–H and O–H groups in total. The fourth-order valence-corrected chi connectivity index (χ4v) is 3.85. The summed E-state index contributed by atoms with van der Waals surface area (Å²) in [6.07, 6.45) is 2.77. The first kappa shape index (κ1) is 22.0. The molecule has 150 valence electrons. The van der Waals surface area contributed by atoms with Crippen molar-refractivity contribution < 1.29 is 14.5 Å². The number of thioether (sulfide) groups is 1. The van der Waals surface area contributed by atoms with Crippen LogP contribution in [-0.4, -0.2) is 37.3 Å². The number of carbonyl (C=O) groups is 1. The van der Waals surface area contributed by atoms with Crippen molar-refractivity contribution >= 4 is 35.8 Å². The number of hydrogen-bond donors (Lipinski definition) is 2. The number of fused-ring (bicyclic) bond motifs is 1. The first-order valence-corrected chi connectivity index (χ1v) is 9.77. The maximum Gasteiger partial charge on any atom is 0.285 e. The summed E-state index contributed by atoms with van der Waals surface area (Å²) in [7, 11) is 1.45. The van der Waals surface area contributed by atoms with E-state index in [1.807, 2.05) is 24.5 Å². The van der Waals surface area contributed by atoms with Crippen LogP contribution in [0.1, 0.15) is 27.5 Å². The predicted octanol–water partition coefficient (Wildman–Crippen LogP) is 3.36. The van der Waals surface area contributed by atoms with Crippen molar-refractivity contribution in [2.24, 2.45) is 0 Å². The lowest BCUT2D eigenvalue weighted by molar-refractivity contribution is -0.385. The van der Waals surface area contributed by atoms with Gasteiger partial charge >= 0.3 is 0 Å². The summed E-state index contributed by atoms with van der Waals surface area (Å²) in [5, 5.41) is 17.6. The standard InChI is InChI=1S/C19H21N3O4S.ClH/c1-26-17-10-16(22(24)25)14(9-18(17)27-2)19(23)21-11-15-13-6-4-3-5-12(13)7-8-20-15;/h3-6,9-10,15,20H,7-8,11H2,1-2H3,(H,21,23);1H. The van der Waals surface area contributed by atoms with E-state index in [4.69, 9.17) is 4.74 Å². The van der Waals surface area contributed by atoms with Gasteiger partial charge in [0.1, 0.15) is 11.3 Å². The Balaban J connectivity index is 0.00000280. The topological polar surface area (TPSA) is 93.5 Å². The molecule has 0 aliphatic carbocycles. The van der Waals surface area contributed by atoms with E-state index in [0.29, 0.717) is 17.2 Å². The van der Waals surface area contributed by atoms with Crippen LogP contribution < -0.4 is 15.4 Å². The SMILES string of the molecule is COc1cc([N+](=O)[O-])c(C(=O)NCC2NCCc3ccccc32)cc1SC.Cl. The lowest BCUT2D eigenvalue weighted by Gasteiger charge is -2.27. The average Bonchev–Trinajstić information content (AvgIpc) is 2.70. The van der Waals surface area contributed by atoms with Gasteiger partial charge in [0, 0.05) is 12.6 Å².